The molecule has 0 spiro atoms. The van der Waals surface area contributed by atoms with Crippen molar-refractivity contribution in [1.82, 2.24) is 0 Å². The molecule has 1 aromatic rings. The zero-order valence-electron chi connectivity index (χ0n) is 9.26. The van der Waals surface area contributed by atoms with E-state index in [2.05, 4.69) is 10.0 Å². The summed E-state index contributed by atoms with van der Waals surface area (Å²) in [5, 5.41) is 3.58. The van der Waals surface area contributed by atoms with Crippen molar-refractivity contribution >= 4 is 20.7 Å². The second-order valence-corrected chi connectivity index (χ2v) is 4.53. The molecule has 0 saturated heterocycles. The van der Waals surface area contributed by atoms with Crippen molar-refractivity contribution in [1.29, 1.82) is 0 Å². The van der Waals surface area contributed by atoms with Gasteiger partial charge in [-0.15, -0.1) is 0 Å². The van der Waals surface area contributed by atoms with Gasteiger partial charge in [0.05, 0.1) is 4.86 Å². The Morgan fingerprint density at radius 3 is 2.56 bits per heavy atom. The minimum absolute atomic E-state index is 0.0779. The highest BCUT2D eigenvalue weighted by molar-refractivity contribution is 7.73. The van der Waals surface area contributed by atoms with Gasteiger partial charge in [0.1, 0.15) is 6.04 Å². The zero-order chi connectivity index (χ0) is 13.0. The maximum atomic E-state index is 11.1. The van der Waals surface area contributed by atoms with Gasteiger partial charge in [0, 0.05) is 4.91 Å². The Hall–Kier alpha value is -2.30. The summed E-state index contributed by atoms with van der Waals surface area (Å²) in [7, 11) is -2.40. The minimum atomic E-state index is -2.40. The second kappa shape index (κ2) is 5.35. The number of allylic oxidation sites excluding steroid dienone is 2. The van der Waals surface area contributed by atoms with Gasteiger partial charge in [-0.3, -0.25) is 0 Å². The number of nitrogens with zero attached hydrogens (tertiary/aromatic N) is 3. The molecule has 6 heteroatoms. The third-order valence-corrected chi connectivity index (χ3v) is 3.31. The van der Waals surface area contributed by atoms with Crippen LogP contribution in [0.4, 0.5) is 0 Å². The smallest absolute Gasteiger partial charge is 0.184 e. The molecule has 0 bridgehead atoms. The molecule has 0 fully saturated rings. The van der Waals surface area contributed by atoms with Crippen LogP contribution in [-0.4, -0.2) is 19.3 Å². The first kappa shape index (κ1) is 12.2. The lowest BCUT2D eigenvalue weighted by atomic mass is 9.93. The molecule has 90 valence electrons. The Morgan fingerprint density at radius 2 is 1.94 bits per heavy atom. The molecule has 0 aliphatic heterocycles. The van der Waals surface area contributed by atoms with E-state index in [-0.39, 0.29) is 4.86 Å². The van der Waals surface area contributed by atoms with Gasteiger partial charge in [-0.05, 0) is 22.7 Å². The standard InChI is InChI=1S/C12H9N3O2S/c13-15-14-12-10(9-5-2-1-3-6-9)7-4-8-11(12)18(16)17/h1-8,12H. The van der Waals surface area contributed by atoms with Crippen LogP contribution in [0.15, 0.2) is 53.7 Å². The highest BCUT2D eigenvalue weighted by Crippen LogP contribution is 2.25. The van der Waals surface area contributed by atoms with Gasteiger partial charge in [-0.2, -0.15) is 8.42 Å². The number of hydrogen-bond donors (Lipinski definition) is 0. The van der Waals surface area contributed by atoms with E-state index in [4.69, 9.17) is 5.53 Å². The highest BCUT2D eigenvalue weighted by Gasteiger charge is 2.22. The molecular formula is C12H9N3O2S. The van der Waals surface area contributed by atoms with Gasteiger partial charge in [0.15, 0.2) is 0 Å². The third kappa shape index (κ3) is 2.34. The van der Waals surface area contributed by atoms with E-state index >= 15 is 0 Å². The molecule has 18 heavy (non-hydrogen) atoms. The third-order valence-electron chi connectivity index (χ3n) is 2.57. The first-order valence-corrected chi connectivity index (χ1v) is 6.25. The fourth-order valence-corrected chi connectivity index (χ4v) is 2.33. The first-order chi connectivity index (χ1) is 8.74. The lowest BCUT2D eigenvalue weighted by Gasteiger charge is -2.17. The van der Waals surface area contributed by atoms with Gasteiger partial charge in [0.2, 0.25) is 10.3 Å². The normalized spacial score (nSPS) is 17.9. The summed E-state index contributed by atoms with van der Waals surface area (Å²) < 4.78 is 22.2. The van der Waals surface area contributed by atoms with E-state index in [1.54, 1.807) is 12.2 Å². The average molecular weight is 259 g/mol. The Balaban J connectivity index is 2.60. The van der Waals surface area contributed by atoms with E-state index in [1.807, 2.05) is 30.3 Å². The van der Waals surface area contributed by atoms with Crippen LogP contribution >= 0.6 is 0 Å². The molecule has 0 amide bonds. The Morgan fingerprint density at radius 1 is 1.22 bits per heavy atom. The molecular weight excluding hydrogens is 250 g/mol. The predicted octanol–water partition coefficient (Wildman–Crippen LogP) is 2.37. The van der Waals surface area contributed by atoms with Gasteiger partial charge in [-0.25, -0.2) is 0 Å². The van der Waals surface area contributed by atoms with Crippen LogP contribution in [-0.2, 0) is 10.3 Å². The first-order valence-electron chi connectivity index (χ1n) is 5.18. The second-order valence-electron chi connectivity index (χ2n) is 3.59. The van der Waals surface area contributed by atoms with Crippen LogP contribution in [0.5, 0.6) is 0 Å². The van der Waals surface area contributed by atoms with Gasteiger partial charge in [-0.1, -0.05) is 47.6 Å². The van der Waals surface area contributed by atoms with Crippen molar-refractivity contribution in [3.05, 3.63) is 64.6 Å². The number of hydrogen-bond acceptors (Lipinski definition) is 3. The van der Waals surface area contributed by atoms with Crippen molar-refractivity contribution in [2.24, 2.45) is 5.11 Å². The van der Waals surface area contributed by atoms with Crippen molar-refractivity contribution < 1.29 is 8.42 Å². The summed E-state index contributed by atoms with van der Waals surface area (Å²) in [5.74, 6) is 0. The molecule has 0 radical (unpaired) electrons. The maximum absolute atomic E-state index is 11.1. The fourth-order valence-electron chi connectivity index (χ4n) is 1.78. The van der Waals surface area contributed by atoms with Crippen molar-refractivity contribution in [3.63, 3.8) is 0 Å². The SMILES string of the molecule is [N-]=[N+]=NC1C(c2ccccc2)=CC=CC1=S(=O)=O. The molecule has 1 aliphatic carbocycles. The van der Waals surface area contributed by atoms with Crippen LogP contribution < -0.4 is 0 Å². The molecule has 0 heterocycles. The van der Waals surface area contributed by atoms with Crippen LogP contribution in [0.25, 0.3) is 16.0 Å². The lowest BCUT2D eigenvalue weighted by molar-refractivity contribution is 0.626. The Labute approximate surface area is 105 Å². The maximum Gasteiger partial charge on any atom is 0.218 e. The van der Waals surface area contributed by atoms with Crippen molar-refractivity contribution in [3.8, 4) is 0 Å². The molecule has 0 aromatic heterocycles. The summed E-state index contributed by atoms with van der Waals surface area (Å²) in [6.45, 7) is 0. The van der Waals surface area contributed by atoms with Crippen LogP contribution in [0.2, 0.25) is 0 Å². The number of rotatable bonds is 2. The minimum Gasteiger partial charge on any atom is -0.184 e. The largest absolute Gasteiger partial charge is 0.218 e. The van der Waals surface area contributed by atoms with E-state index in [0.29, 0.717) is 5.57 Å². The van der Waals surface area contributed by atoms with Gasteiger partial charge >= 0.3 is 0 Å². The average Bonchev–Trinajstić information content (AvgIpc) is 2.40. The molecule has 0 N–H and O–H groups in total. The molecule has 1 atom stereocenters. The van der Waals surface area contributed by atoms with Gasteiger partial charge < -0.3 is 0 Å². The molecule has 0 saturated carbocycles. The van der Waals surface area contributed by atoms with Crippen molar-refractivity contribution in [2.75, 3.05) is 0 Å². The molecule has 2 rings (SSSR count). The summed E-state index contributed by atoms with van der Waals surface area (Å²) >= 11 is 0. The van der Waals surface area contributed by atoms with Crippen LogP contribution in [0, 0.1) is 0 Å². The van der Waals surface area contributed by atoms with Gasteiger partial charge in [0.25, 0.3) is 0 Å². The molecule has 1 unspecified atom stereocenters. The number of benzene rings is 1. The monoisotopic (exact) mass is 259 g/mol. The van der Waals surface area contributed by atoms with E-state index < -0.39 is 16.3 Å². The molecule has 5 nitrogen and oxygen atoms in total. The zero-order valence-corrected chi connectivity index (χ0v) is 10.1. The summed E-state index contributed by atoms with van der Waals surface area (Å²) in [5.41, 5.74) is 10.1. The topological polar surface area (TPSA) is 82.9 Å². The lowest BCUT2D eigenvalue weighted by Crippen LogP contribution is -2.21. The summed E-state index contributed by atoms with van der Waals surface area (Å²) in [4.78, 5) is 2.80. The molecule has 1 aromatic carbocycles. The quantitative estimate of drug-likeness (QED) is 0.353. The van der Waals surface area contributed by atoms with E-state index in [0.717, 1.165) is 5.56 Å². The number of azide groups is 1. The fraction of sp³-hybridized carbons (Fsp3) is 0.0833. The summed E-state index contributed by atoms with van der Waals surface area (Å²) in [6, 6.07) is 8.43. The highest BCUT2D eigenvalue weighted by atomic mass is 32.2. The van der Waals surface area contributed by atoms with Crippen molar-refractivity contribution in [2.45, 2.75) is 6.04 Å². The predicted molar refractivity (Wildman–Crippen MR) is 70.4 cm³/mol. The van der Waals surface area contributed by atoms with E-state index in [1.165, 1.54) is 6.08 Å². The van der Waals surface area contributed by atoms with E-state index in [9.17, 15) is 8.42 Å². The summed E-state index contributed by atoms with van der Waals surface area (Å²) in [6.07, 6.45) is 4.83. The van der Waals surface area contributed by atoms with Crippen LogP contribution in [0.1, 0.15) is 5.56 Å². The molecule has 1 aliphatic rings. The Bertz CT molecular complexity index is 688. The van der Waals surface area contributed by atoms with Crippen LogP contribution in [0.3, 0.4) is 0 Å². The Kier molecular flexibility index (Phi) is 3.62.